The van der Waals surface area contributed by atoms with Crippen molar-refractivity contribution < 1.29 is 4.79 Å². The molecule has 1 aliphatic rings. The van der Waals surface area contributed by atoms with Gasteiger partial charge in [-0.25, -0.2) is 5.01 Å². The molecule has 0 aliphatic carbocycles. The molecule has 0 aromatic rings. The van der Waals surface area contributed by atoms with Crippen molar-refractivity contribution in [1.82, 2.24) is 9.91 Å². The number of rotatable bonds is 19. The third kappa shape index (κ3) is 12.6. The molecule has 0 aromatic heterocycles. The molecule has 4 heteroatoms. The molecule has 0 radical (unpaired) electrons. The average Bonchev–Trinajstić information content (AvgIpc) is 3.09. The number of nitrogens with two attached hydrogens (primary N) is 1. The van der Waals surface area contributed by atoms with Gasteiger partial charge in [-0.2, -0.15) is 0 Å². The Kier molecular flexibility index (Phi) is 16.4. The Morgan fingerprint density at radius 2 is 1.34 bits per heavy atom. The summed E-state index contributed by atoms with van der Waals surface area (Å²) in [6.45, 7) is 7.20. The third-order valence-electron chi connectivity index (χ3n) is 6.08. The van der Waals surface area contributed by atoms with Crippen molar-refractivity contribution in [2.75, 3.05) is 19.6 Å². The van der Waals surface area contributed by atoms with Gasteiger partial charge in [0.2, 0.25) is 0 Å². The largest absolute Gasteiger partial charge is 0.296 e. The second-order valence-corrected chi connectivity index (χ2v) is 8.80. The summed E-state index contributed by atoms with van der Waals surface area (Å²) in [5.41, 5.74) is 0. The fraction of sp³-hybridized carbons (Fsp3) is 0.880. The lowest BCUT2D eigenvalue weighted by molar-refractivity contribution is -0.128. The Morgan fingerprint density at radius 3 is 1.97 bits per heavy atom. The molecule has 1 atom stereocenters. The topological polar surface area (TPSA) is 49.6 Å². The van der Waals surface area contributed by atoms with Crippen LogP contribution < -0.4 is 5.84 Å². The number of hydrogen-bond acceptors (Lipinski definition) is 4. The number of nitrogens with zero attached hydrogens (tertiary/aromatic N) is 2. The molecule has 0 spiro atoms. The Bertz CT molecular complexity index is 424. The molecule has 4 nitrogen and oxygen atoms in total. The summed E-state index contributed by atoms with van der Waals surface area (Å²) >= 11 is 0. The fourth-order valence-corrected chi connectivity index (χ4v) is 4.18. The van der Waals surface area contributed by atoms with Crippen LogP contribution in [0.25, 0.3) is 0 Å². The van der Waals surface area contributed by atoms with E-state index in [1.807, 2.05) is 0 Å². The van der Waals surface area contributed by atoms with Gasteiger partial charge in [0.15, 0.2) is 5.78 Å². The van der Waals surface area contributed by atoms with E-state index in [0.717, 1.165) is 38.9 Å². The molecule has 1 unspecified atom stereocenters. The first-order valence-electron chi connectivity index (χ1n) is 12.6. The number of carbonyl (C=O) groups excluding carboxylic acids is 1. The van der Waals surface area contributed by atoms with Crippen LogP contribution in [0.4, 0.5) is 0 Å². The van der Waals surface area contributed by atoms with Crippen molar-refractivity contribution in [3.05, 3.63) is 12.2 Å². The second kappa shape index (κ2) is 18.1. The zero-order valence-electron chi connectivity index (χ0n) is 19.5. The molecule has 1 fully saturated rings. The highest BCUT2D eigenvalue weighted by atomic mass is 16.1. The molecule has 0 bridgehead atoms. The molecule has 1 heterocycles. The van der Waals surface area contributed by atoms with Gasteiger partial charge < -0.3 is 0 Å². The molecular formula is C25H49N3O. The van der Waals surface area contributed by atoms with E-state index in [9.17, 15) is 4.79 Å². The number of Topliss-reactive ketones (excluding diaryl/α,β-unsaturated/α-hetero) is 1. The van der Waals surface area contributed by atoms with Crippen LogP contribution in [-0.4, -0.2) is 41.5 Å². The molecule has 1 saturated heterocycles. The fourth-order valence-electron chi connectivity index (χ4n) is 4.18. The lowest BCUT2D eigenvalue weighted by Crippen LogP contribution is -2.48. The lowest BCUT2D eigenvalue weighted by Gasteiger charge is -2.26. The highest BCUT2D eigenvalue weighted by Gasteiger charge is 2.34. The summed E-state index contributed by atoms with van der Waals surface area (Å²) in [4.78, 5) is 14.9. The third-order valence-corrected chi connectivity index (χ3v) is 6.08. The molecule has 1 rings (SSSR count). The minimum Gasteiger partial charge on any atom is -0.296 e. The van der Waals surface area contributed by atoms with E-state index in [2.05, 4.69) is 30.9 Å². The van der Waals surface area contributed by atoms with Crippen molar-refractivity contribution in [2.45, 2.75) is 123 Å². The van der Waals surface area contributed by atoms with Gasteiger partial charge in [0.25, 0.3) is 0 Å². The van der Waals surface area contributed by atoms with Gasteiger partial charge in [-0.3, -0.25) is 15.5 Å². The predicted molar refractivity (Wildman–Crippen MR) is 126 cm³/mol. The Hall–Kier alpha value is -0.710. The number of hydrogen-bond donors (Lipinski definition) is 1. The maximum atomic E-state index is 12.6. The zero-order valence-corrected chi connectivity index (χ0v) is 19.5. The van der Waals surface area contributed by atoms with Crippen molar-refractivity contribution in [1.29, 1.82) is 0 Å². The summed E-state index contributed by atoms with van der Waals surface area (Å²) in [5.74, 6) is 6.38. The van der Waals surface area contributed by atoms with Crippen LogP contribution in [0.2, 0.25) is 0 Å². The molecule has 1 aliphatic heterocycles. The van der Waals surface area contributed by atoms with Crippen molar-refractivity contribution in [3.63, 3.8) is 0 Å². The maximum Gasteiger partial charge on any atom is 0.165 e. The van der Waals surface area contributed by atoms with E-state index in [1.165, 1.54) is 77.0 Å². The SMILES string of the molecule is CCCCCCCCC=CCCCCCCCC(=O)C1N(N)CCN1CCCC. The van der Waals surface area contributed by atoms with Crippen LogP contribution >= 0.6 is 0 Å². The molecular weight excluding hydrogens is 358 g/mol. The van der Waals surface area contributed by atoms with Crippen molar-refractivity contribution in [2.24, 2.45) is 5.84 Å². The Morgan fingerprint density at radius 1 is 0.793 bits per heavy atom. The van der Waals surface area contributed by atoms with E-state index < -0.39 is 0 Å². The Labute approximate surface area is 181 Å². The van der Waals surface area contributed by atoms with Crippen LogP contribution in [0.15, 0.2) is 12.2 Å². The van der Waals surface area contributed by atoms with Crippen LogP contribution in [-0.2, 0) is 4.79 Å². The summed E-state index contributed by atoms with van der Waals surface area (Å²) in [5, 5.41) is 1.75. The van der Waals surface area contributed by atoms with E-state index in [4.69, 9.17) is 5.84 Å². The summed E-state index contributed by atoms with van der Waals surface area (Å²) < 4.78 is 0. The first-order chi connectivity index (χ1) is 14.2. The number of hydrazine groups is 1. The number of carbonyl (C=O) groups is 1. The van der Waals surface area contributed by atoms with Crippen molar-refractivity contribution >= 4 is 5.78 Å². The first kappa shape index (κ1) is 26.3. The highest BCUT2D eigenvalue weighted by molar-refractivity contribution is 5.83. The molecule has 2 N–H and O–H groups in total. The van der Waals surface area contributed by atoms with Crippen LogP contribution in [0.5, 0.6) is 0 Å². The molecule has 0 saturated carbocycles. The average molecular weight is 408 g/mol. The first-order valence-corrected chi connectivity index (χ1v) is 12.6. The maximum absolute atomic E-state index is 12.6. The summed E-state index contributed by atoms with van der Waals surface area (Å²) in [6.07, 6.45) is 24.3. The van der Waals surface area contributed by atoms with Gasteiger partial charge in [-0.05, 0) is 38.5 Å². The smallest absolute Gasteiger partial charge is 0.165 e. The van der Waals surface area contributed by atoms with Crippen LogP contribution in [0.3, 0.4) is 0 Å². The lowest BCUT2D eigenvalue weighted by atomic mass is 10.1. The van der Waals surface area contributed by atoms with Gasteiger partial charge >= 0.3 is 0 Å². The predicted octanol–water partition coefficient (Wildman–Crippen LogP) is 6.21. The van der Waals surface area contributed by atoms with Gasteiger partial charge in [-0.1, -0.05) is 83.8 Å². The minimum absolute atomic E-state index is 0.168. The molecule has 0 aromatic carbocycles. The normalized spacial score (nSPS) is 18.2. The van der Waals surface area contributed by atoms with E-state index in [-0.39, 0.29) is 6.17 Å². The van der Waals surface area contributed by atoms with Crippen molar-refractivity contribution in [3.8, 4) is 0 Å². The molecule has 170 valence electrons. The molecule has 29 heavy (non-hydrogen) atoms. The Balaban J connectivity index is 1.96. The highest BCUT2D eigenvalue weighted by Crippen LogP contribution is 2.17. The zero-order chi connectivity index (χ0) is 21.2. The van der Waals surface area contributed by atoms with E-state index >= 15 is 0 Å². The number of ketones is 1. The van der Waals surface area contributed by atoms with Gasteiger partial charge in [0, 0.05) is 26.1 Å². The standard InChI is InChI=1S/C25H49N3O/c1-3-5-7-8-9-10-11-12-13-14-15-16-17-18-19-20-24(29)25-27(21-6-4-2)22-23-28(25)26/h12-13,25H,3-11,14-23,26H2,1-2H3. The monoisotopic (exact) mass is 407 g/mol. The number of allylic oxidation sites excluding steroid dienone is 2. The van der Waals surface area contributed by atoms with E-state index in [0.29, 0.717) is 12.2 Å². The second-order valence-electron chi connectivity index (χ2n) is 8.80. The van der Waals surface area contributed by atoms with E-state index in [1.54, 1.807) is 5.01 Å². The van der Waals surface area contributed by atoms with Gasteiger partial charge in [0.05, 0.1) is 0 Å². The van der Waals surface area contributed by atoms with Crippen LogP contribution in [0, 0.1) is 0 Å². The minimum atomic E-state index is -0.168. The summed E-state index contributed by atoms with van der Waals surface area (Å²) in [7, 11) is 0. The summed E-state index contributed by atoms with van der Waals surface area (Å²) in [6, 6.07) is 0. The van der Waals surface area contributed by atoms with Crippen LogP contribution in [0.1, 0.15) is 117 Å². The van der Waals surface area contributed by atoms with Gasteiger partial charge in [-0.15, -0.1) is 0 Å². The van der Waals surface area contributed by atoms with Gasteiger partial charge in [0.1, 0.15) is 6.17 Å². The number of unbranched alkanes of at least 4 members (excludes halogenated alkanes) is 12. The quantitative estimate of drug-likeness (QED) is 0.157. The molecule has 0 amide bonds.